The van der Waals surface area contributed by atoms with Crippen LogP contribution in [0.2, 0.25) is 0 Å². The molecular weight excluding hydrogens is 212 g/mol. The van der Waals surface area contributed by atoms with Gasteiger partial charge >= 0.3 is 0 Å². The summed E-state index contributed by atoms with van der Waals surface area (Å²) in [4.78, 5) is 14.1. The standard InChI is InChI=1S/C14H20N2O/c1-14(2)7-9-16(10-8-14)13(17)11-3-5-12(15)6-4-11/h3-6H,7-10,15H2,1-2H3. The SMILES string of the molecule is CC1(C)CCN(C(=O)c2ccc(N)cc2)CC1. The summed E-state index contributed by atoms with van der Waals surface area (Å²) in [7, 11) is 0. The van der Waals surface area contributed by atoms with Crippen molar-refractivity contribution in [3.8, 4) is 0 Å². The summed E-state index contributed by atoms with van der Waals surface area (Å²) in [5, 5.41) is 0. The molecule has 3 nitrogen and oxygen atoms in total. The van der Waals surface area contributed by atoms with Crippen LogP contribution in [0.5, 0.6) is 0 Å². The Balaban J connectivity index is 2.04. The molecule has 1 heterocycles. The first kappa shape index (κ1) is 12.0. The van der Waals surface area contributed by atoms with Gasteiger partial charge in [-0.3, -0.25) is 4.79 Å². The summed E-state index contributed by atoms with van der Waals surface area (Å²) in [6, 6.07) is 7.16. The molecule has 1 aliphatic rings. The number of rotatable bonds is 1. The van der Waals surface area contributed by atoms with Crippen molar-refractivity contribution in [2.45, 2.75) is 26.7 Å². The lowest BCUT2D eigenvalue weighted by atomic mass is 9.82. The molecule has 0 saturated carbocycles. The number of hydrogen-bond acceptors (Lipinski definition) is 2. The Morgan fingerprint density at radius 2 is 1.71 bits per heavy atom. The molecule has 0 spiro atoms. The monoisotopic (exact) mass is 232 g/mol. The van der Waals surface area contributed by atoms with Gasteiger partial charge < -0.3 is 10.6 Å². The maximum absolute atomic E-state index is 12.2. The van der Waals surface area contributed by atoms with Crippen LogP contribution in [-0.2, 0) is 0 Å². The molecule has 1 aromatic carbocycles. The molecule has 0 unspecified atom stereocenters. The first-order valence-electron chi connectivity index (χ1n) is 6.13. The highest BCUT2D eigenvalue weighted by atomic mass is 16.2. The van der Waals surface area contributed by atoms with Crippen LogP contribution in [0, 0.1) is 5.41 Å². The van der Waals surface area contributed by atoms with Crippen LogP contribution in [0.3, 0.4) is 0 Å². The van der Waals surface area contributed by atoms with Crippen molar-refractivity contribution in [1.82, 2.24) is 4.90 Å². The zero-order valence-electron chi connectivity index (χ0n) is 10.6. The van der Waals surface area contributed by atoms with E-state index in [0.29, 0.717) is 11.1 Å². The number of nitrogens with zero attached hydrogens (tertiary/aromatic N) is 1. The summed E-state index contributed by atoms with van der Waals surface area (Å²) in [6.45, 7) is 6.24. The van der Waals surface area contributed by atoms with Crippen LogP contribution in [0.15, 0.2) is 24.3 Å². The topological polar surface area (TPSA) is 46.3 Å². The molecule has 1 aliphatic heterocycles. The summed E-state index contributed by atoms with van der Waals surface area (Å²) < 4.78 is 0. The smallest absolute Gasteiger partial charge is 0.253 e. The maximum atomic E-state index is 12.2. The number of amides is 1. The van der Waals surface area contributed by atoms with E-state index < -0.39 is 0 Å². The molecule has 1 aromatic rings. The molecule has 17 heavy (non-hydrogen) atoms. The van der Waals surface area contributed by atoms with Gasteiger partial charge in [0.25, 0.3) is 5.91 Å². The Morgan fingerprint density at radius 1 is 1.18 bits per heavy atom. The fourth-order valence-electron chi connectivity index (χ4n) is 2.12. The molecule has 3 heteroatoms. The van der Waals surface area contributed by atoms with E-state index in [2.05, 4.69) is 13.8 Å². The molecule has 0 aliphatic carbocycles. The van der Waals surface area contributed by atoms with E-state index in [1.165, 1.54) is 0 Å². The van der Waals surface area contributed by atoms with Gasteiger partial charge in [-0.2, -0.15) is 0 Å². The largest absolute Gasteiger partial charge is 0.399 e. The first-order chi connectivity index (χ1) is 7.98. The number of hydrogen-bond donors (Lipinski definition) is 1. The summed E-state index contributed by atoms with van der Waals surface area (Å²) >= 11 is 0. The third kappa shape index (κ3) is 2.78. The van der Waals surface area contributed by atoms with Crippen LogP contribution >= 0.6 is 0 Å². The highest BCUT2D eigenvalue weighted by molar-refractivity contribution is 5.94. The second kappa shape index (κ2) is 4.40. The predicted octanol–water partition coefficient (Wildman–Crippen LogP) is 2.53. The van der Waals surface area contributed by atoms with Crippen molar-refractivity contribution in [3.05, 3.63) is 29.8 Å². The van der Waals surface area contributed by atoms with Gasteiger partial charge in [0.15, 0.2) is 0 Å². The predicted molar refractivity (Wildman–Crippen MR) is 69.8 cm³/mol. The van der Waals surface area contributed by atoms with E-state index in [4.69, 9.17) is 5.73 Å². The Labute approximate surface area is 103 Å². The van der Waals surface area contributed by atoms with Gasteiger partial charge in [0, 0.05) is 24.3 Å². The van der Waals surface area contributed by atoms with E-state index in [0.717, 1.165) is 31.5 Å². The number of nitrogens with two attached hydrogens (primary N) is 1. The van der Waals surface area contributed by atoms with Crippen molar-refractivity contribution in [3.63, 3.8) is 0 Å². The van der Waals surface area contributed by atoms with Gasteiger partial charge in [-0.15, -0.1) is 0 Å². The minimum Gasteiger partial charge on any atom is -0.399 e. The summed E-state index contributed by atoms with van der Waals surface area (Å²) in [6.07, 6.45) is 2.15. The fourth-order valence-corrected chi connectivity index (χ4v) is 2.12. The number of piperidine rings is 1. The van der Waals surface area contributed by atoms with Crippen LogP contribution in [0.1, 0.15) is 37.0 Å². The zero-order chi connectivity index (χ0) is 12.5. The van der Waals surface area contributed by atoms with E-state index in [-0.39, 0.29) is 5.91 Å². The molecule has 0 radical (unpaired) electrons. The number of carbonyl (C=O) groups is 1. The highest BCUT2D eigenvalue weighted by Gasteiger charge is 2.28. The molecule has 1 saturated heterocycles. The molecule has 2 N–H and O–H groups in total. The second-order valence-electron chi connectivity index (χ2n) is 5.58. The molecule has 1 amide bonds. The lowest BCUT2D eigenvalue weighted by Gasteiger charge is -2.36. The second-order valence-corrected chi connectivity index (χ2v) is 5.58. The molecule has 2 rings (SSSR count). The quantitative estimate of drug-likeness (QED) is 0.756. The van der Waals surface area contributed by atoms with Crippen molar-refractivity contribution in [2.75, 3.05) is 18.8 Å². The highest BCUT2D eigenvalue weighted by Crippen LogP contribution is 2.30. The maximum Gasteiger partial charge on any atom is 0.253 e. The zero-order valence-corrected chi connectivity index (χ0v) is 10.6. The molecule has 92 valence electrons. The van der Waals surface area contributed by atoms with Gasteiger partial charge in [0.05, 0.1) is 0 Å². The average Bonchev–Trinajstić information content (AvgIpc) is 2.29. The Morgan fingerprint density at radius 3 is 2.24 bits per heavy atom. The third-order valence-corrected chi connectivity index (χ3v) is 3.56. The molecule has 0 atom stereocenters. The van der Waals surface area contributed by atoms with E-state index in [1.54, 1.807) is 24.3 Å². The lowest BCUT2D eigenvalue weighted by Crippen LogP contribution is -2.41. The Hall–Kier alpha value is -1.51. The number of nitrogen functional groups attached to an aromatic ring is 1. The van der Waals surface area contributed by atoms with Crippen LogP contribution in [0.4, 0.5) is 5.69 Å². The Bertz CT molecular complexity index is 399. The van der Waals surface area contributed by atoms with Crippen LogP contribution in [0.25, 0.3) is 0 Å². The Kier molecular flexibility index (Phi) is 3.09. The van der Waals surface area contributed by atoms with E-state index >= 15 is 0 Å². The van der Waals surface area contributed by atoms with E-state index in [1.807, 2.05) is 4.90 Å². The number of benzene rings is 1. The first-order valence-corrected chi connectivity index (χ1v) is 6.13. The third-order valence-electron chi connectivity index (χ3n) is 3.56. The fraction of sp³-hybridized carbons (Fsp3) is 0.500. The molecule has 0 aromatic heterocycles. The summed E-state index contributed by atoms with van der Waals surface area (Å²) in [5.74, 6) is 0.125. The summed E-state index contributed by atoms with van der Waals surface area (Å²) in [5.41, 5.74) is 7.42. The molecule has 0 bridgehead atoms. The van der Waals surface area contributed by atoms with Crippen molar-refractivity contribution in [2.24, 2.45) is 5.41 Å². The van der Waals surface area contributed by atoms with Crippen molar-refractivity contribution < 1.29 is 4.79 Å². The normalized spacial score (nSPS) is 19.1. The average molecular weight is 232 g/mol. The van der Waals surface area contributed by atoms with Gasteiger partial charge in [-0.1, -0.05) is 13.8 Å². The van der Waals surface area contributed by atoms with Gasteiger partial charge in [0.1, 0.15) is 0 Å². The number of likely N-dealkylation sites (tertiary alicyclic amines) is 1. The van der Waals surface area contributed by atoms with E-state index in [9.17, 15) is 4.79 Å². The number of carbonyl (C=O) groups excluding carboxylic acids is 1. The minimum absolute atomic E-state index is 0.125. The van der Waals surface area contributed by atoms with Gasteiger partial charge in [-0.05, 0) is 42.5 Å². The van der Waals surface area contributed by atoms with Crippen molar-refractivity contribution in [1.29, 1.82) is 0 Å². The molecular formula is C14H20N2O. The van der Waals surface area contributed by atoms with Crippen LogP contribution < -0.4 is 5.73 Å². The van der Waals surface area contributed by atoms with Crippen molar-refractivity contribution >= 4 is 11.6 Å². The van der Waals surface area contributed by atoms with Gasteiger partial charge in [0.2, 0.25) is 0 Å². The minimum atomic E-state index is 0.125. The molecule has 1 fully saturated rings. The number of anilines is 1. The van der Waals surface area contributed by atoms with Crippen LogP contribution in [-0.4, -0.2) is 23.9 Å². The van der Waals surface area contributed by atoms with Gasteiger partial charge in [-0.25, -0.2) is 0 Å². The lowest BCUT2D eigenvalue weighted by molar-refractivity contribution is 0.0630.